The molecule has 0 aliphatic rings. The molecule has 0 saturated carbocycles. The van der Waals surface area contributed by atoms with Gasteiger partial charge in [-0.05, 0) is 18.2 Å². The topological polar surface area (TPSA) is 34.4 Å². The Morgan fingerprint density at radius 3 is 3.23 bits per heavy atom. The van der Waals surface area contributed by atoms with Gasteiger partial charge in [-0.25, -0.2) is 4.98 Å². The third-order valence-electron chi connectivity index (χ3n) is 2.02. The van der Waals surface area contributed by atoms with Crippen molar-refractivity contribution < 1.29 is 4.79 Å². The third kappa shape index (κ3) is 1.33. The summed E-state index contributed by atoms with van der Waals surface area (Å²) in [5.41, 5.74) is 1.56. The van der Waals surface area contributed by atoms with Crippen molar-refractivity contribution >= 4 is 11.3 Å². The Morgan fingerprint density at radius 1 is 1.62 bits per heavy atom. The molecule has 0 aliphatic heterocycles. The largest absolute Gasteiger partial charge is 0.308 e. The fourth-order valence-corrected chi connectivity index (χ4v) is 1.27. The molecule has 0 N–H and O–H groups in total. The molecule has 0 fully saturated rings. The summed E-state index contributed by atoms with van der Waals surface area (Å²) >= 11 is 0. The number of ketones is 1. The van der Waals surface area contributed by atoms with E-state index < -0.39 is 0 Å². The van der Waals surface area contributed by atoms with Crippen molar-refractivity contribution in [1.29, 1.82) is 0 Å². The van der Waals surface area contributed by atoms with E-state index in [1.54, 1.807) is 6.33 Å². The Morgan fingerprint density at radius 2 is 2.46 bits per heavy atom. The highest BCUT2D eigenvalue weighted by Crippen LogP contribution is 2.06. The maximum atomic E-state index is 11.3. The van der Waals surface area contributed by atoms with Gasteiger partial charge >= 0.3 is 0 Å². The zero-order chi connectivity index (χ0) is 9.26. The number of rotatable bonds is 2. The molecule has 2 aromatic rings. The molecule has 0 atom stereocenters. The van der Waals surface area contributed by atoms with Crippen molar-refractivity contribution in [2.45, 2.75) is 13.3 Å². The van der Waals surface area contributed by atoms with Gasteiger partial charge in [-0.1, -0.05) is 6.92 Å². The molecule has 0 radical (unpaired) electrons. The van der Waals surface area contributed by atoms with Gasteiger partial charge in [-0.15, -0.1) is 0 Å². The first-order chi connectivity index (χ1) is 6.31. The van der Waals surface area contributed by atoms with Crippen LogP contribution in [0.5, 0.6) is 0 Å². The van der Waals surface area contributed by atoms with E-state index in [1.165, 1.54) is 0 Å². The van der Waals surface area contributed by atoms with Crippen molar-refractivity contribution in [1.82, 2.24) is 9.38 Å². The summed E-state index contributed by atoms with van der Waals surface area (Å²) in [5.74, 6) is 0.0868. The molecule has 0 amide bonds. The standard InChI is InChI=1S/C10H10N2O/c1-2-10(13)9-6-8-4-3-5-12(8)7-11-9/h3-7H,2H2,1H3. The Balaban J connectivity index is 2.54. The zero-order valence-corrected chi connectivity index (χ0v) is 7.40. The summed E-state index contributed by atoms with van der Waals surface area (Å²) in [4.78, 5) is 15.4. The summed E-state index contributed by atoms with van der Waals surface area (Å²) in [5, 5.41) is 0. The number of carbonyl (C=O) groups excluding carboxylic acids is 1. The lowest BCUT2D eigenvalue weighted by molar-refractivity contribution is 0.0983. The Kier molecular flexibility index (Phi) is 1.85. The van der Waals surface area contributed by atoms with Crippen molar-refractivity contribution in [2.75, 3.05) is 0 Å². The van der Waals surface area contributed by atoms with Crippen molar-refractivity contribution in [3.05, 3.63) is 36.4 Å². The van der Waals surface area contributed by atoms with E-state index in [4.69, 9.17) is 0 Å². The van der Waals surface area contributed by atoms with Gasteiger partial charge in [-0.2, -0.15) is 0 Å². The van der Waals surface area contributed by atoms with Crippen LogP contribution in [0.15, 0.2) is 30.7 Å². The lowest BCUT2D eigenvalue weighted by atomic mass is 10.2. The molecular weight excluding hydrogens is 164 g/mol. The number of nitrogens with zero attached hydrogens (tertiary/aromatic N) is 2. The molecular formula is C10H10N2O. The second-order valence-electron chi connectivity index (χ2n) is 2.89. The van der Waals surface area contributed by atoms with Crippen LogP contribution >= 0.6 is 0 Å². The van der Waals surface area contributed by atoms with E-state index in [9.17, 15) is 4.79 Å². The highest BCUT2D eigenvalue weighted by molar-refractivity contribution is 5.94. The minimum absolute atomic E-state index is 0.0868. The van der Waals surface area contributed by atoms with Crippen LogP contribution in [0.4, 0.5) is 0 Å². The van der Waals surface area contributed by atoms with Crippen LogP contribution < -0.4 is 0 Å². The predicted octanol–water partition coefficient (Wildman–Crippen LogP) is 1.93. The van der Waals surface area contributed by atoms with Crippen LogP contribution in [0.3, 0.4) is 0 Å². The second kappa shape index (κ2) is 3.01. The predicted molar refractivity (Wildman–Crippen MR) is 49.8 cm³/mol. The molecule has 0 unspecified atom stereocenters. The summed E-state index contributed by atoms with van der Waals surface area (Å²) in [7, 11) is 0. The fourth-order valence-electron chi connectivity index (χ4n) is 1.27. The SMILES string of the molecule is CCC(=O)c1cc2cccn2cn1. The van der Waals surface area contributed by atoms with Crippen LogP contribution in [0.25, 0.3) is 5.52 Å². The van der Waals surface area contributed by atoms with Crippen LogP contribution in [0, 0.1) is 0 Å². The number of Topliss-reactive ketones (excluding diaryl/α,β-unsaturated/α-hetero) is 1. The summed E-state index contributed by atoms with van der Waals surface area (Å²) in [6, 6.07) is 5.69. The van der Waals surface area contributed by atoms with Gasteiger partial charge in [0.15, 0.2) is 5.78 Å². The van der Waals surface area contributed by atoms with Crippen LogP contribution in [-0.4, -0.2) is 15.2 Å². The van der Waals surface area contributed by atoms with Gasteiger partial charge in [0.25, 0.3) is 0 Å². The maximum Gasteiger partial charge on any atom is 0.181 e. The molecule has 3 nitrogen and oxygen atoms in total. The van der Waals surface area contributed by atoms with Gasteiger partial charge < -0.3 is 4.40 Å². The number of hydrogen-bond donors (Lipinski definition) is 0. The van der Waals surface area contributed by atoms with E-state index in [-0.39, 0.29) is 5.78 Å². The van der Waals surface area contributed by atoms with Gasteiger partial charge in [-0.3, -0.25) is 4.79 Å². The van der Waals surface area contributed by atoms with Crippen LogP contribution in [-0.2, 0) is 0 Å². The molecule has 13 heavy (non-hydrogen) atoms. The second-order valence-corrected chi connectivity index (χ2v) is 2.89. The first kappa shape index (κ1) is 7.98. The minimum atomic E-state index is 0.0868. The molecule has 0 aliphatic carbocycles. The first-order valence-corrected chi connectivity index (χ1v) is 4.27. The normalized spacial score (nSPS) is 10.5. The van der Waals surface area contributed by atoms with Crippen LogP contribution in [0.1, 0.15) is 23.8 Å². The van der Waals surface area contributed by atoms with Gasteiger partial charge in [0.2, 0.25) is 0 Å². The Bertz CT molecular complexity index is 445. The average Bonchev–Trinajstić information content (AvgIpc) is 2.63. The summed E-state index contributed by atoms with van der Waals surface area (Å²) in [6.45, 7) is 1.84. The van der Waals surface area contributed by atoms with Gasteiger partial charge in [0, 0.05) is 18.1 Å². The monoisotopic (exact) mass is 174 g/mol. The minimum Gasteiger partial charge on any atom is -0.308 e. The number of hydrogen-bond acceptors (Lipinski definition) is 2. The molecule has 0 saturated heterocycles. The lowest BCUT2D eigenvalue weighted by Gasteiger charge is -1.98. The van der Waals surface area contributed by atoms with Crippen molar-refractivity contribution in [2.24, 2.45) is 0 Å². The number of aromatic nitrogens is 2. The van der Waals surface area contributed by atoms with Crippen molar-refractivity contribution in [3.8, 4) is 0 Å². The van der Waals surface area contributed by atoms with Gasteiger partial charge in [0.1, 0.15) is 5.69 Å². The molecule has 3 heteroatoms. The lowest BCUT2D eigenvalue weighted by Crippen LogP contribution is -2.01. The fraction of sp³-hybridized carbons (Fsp3) is 0.200. The first-order valence-electron chi connectivity index (χ1n) is 4.27. The van der Waals surface area contributed by atoms with E-state index in [1.807, 2.05) is 35.7 Å². The molecule has 2 rings (SSSR count). The third-order valence-corrected chi connectivity index (χ3v) is 2.02. The van der Waals surface area contributed by atoms with E-state index in [0.717, 1.165) is 5.52 Å². The summed E-state index contributed by atoms with van der Waals surface area (Å²) < 4.78 is 1.88. The maximum absolute atomic E-state index is 11.3. The zero-order valence-electron chi connectivity index (χ0n) is 7.40. The number of carbonyl (C=O) groups is 1. The van der Waals surface area contributed by atoms with Crippen LogP contribution in [0.2, 0.25) is 0 Å². The molecule has 66 valence electrons. The number of fused-ring (bicyclic) bond motifs is 1. The molecule has 0 bridgehead atoms. The molecule has 2 heterocycles. The van der Waals surface area contributed by atoms with Gasteiger partial charge in [0.05, 0.1) is 6.33 Å². The van der Waals surface area contributed by atoms with E-state index in [0.29, 0.717) is 12.1 Å². The highest BCUT2D eigenvalue weighted by atomic mass is 16.1. The molecule has 0 spiro atoms. The Labute approximate surface area is 76.0 Å². The van der Waals surface area contributed by atoms with E-state index >= 15 is 0 Å². The smallest absolute Gasteiger partial charge is 0.181 e. The summed E-state index contributed by atoms with van der Waals surface area (Å²) in [6.07, 6.45) is 4.07. The molecule has 2 aromatic heterocycles. The quantitative estimate of drug-likeness (QED) is 0.652. The average molecular weight is 174 g/mol. The van der Waals surface area contributed by atoms with E-state index in [2.05, 4.69) is 4.98 Å². The van der Waals surface area contributed by atoms with Crippen molar-refractivity contribution in [3.63, 3.8) is 0 Å². The highest BCUT2D eigenvalue weighted by Gasteiger charge is 2.04. The Hall–Kier alpha value is -1.64. The molecule has 0 aromatic carbocycles.